The molecular formula is C21H31IN4O2. The Hall–Kier alpha value is -2.00. The lowest BCUT2D eigenvalue weighted by Crippen LogP contribution is -2.33. The van der Waals surface area contributed by atoms with E-state index in [0.717, 1.165) is 30.0 Å². The number of guanidine groups is 1. The van der Waals surface area contributed by atoms with Gasteiger partial charge in [-0.3, -0.25) is 0 Å². The van der Waals surface area contributed by atoms with Crippen LogP contribution in [0.1, 0.15) is 16.7 Å². The normalized spacial score (nSPS) is 11.1. The van der Waals surface area contributed by atoms with Crippen LogP contribution >= 0.6 is 24.0 Å². The molecule has 0 saturated heterocycles. The molecule has 0 spiro atoms. The van der Waals surface area contributed by atoms with E-state index in [0.29, 0.717) is 19.0 Å². The van der Waals surface area contributed by atoms with Gasteiger partial charge in [0.15, 0.2) is 17.5 Å². The SMILES string of the molecule is COc1ccc(CCNC(N)=NCc2ccccc2CN(C)C)cc1OC.I. The minimum atomic E-state index is 0. The number of benzene rings is 2. The third-order valence-corrected chi connectivity index (χ3v) is 4.19. The van der Waals surface area contributed by atoms with Crippen molar-refractivity contribution in [1.82, 2.24) is 10.2 Å². The summed E-state index contributed by atoms with van der Waals surface area (Å²) in [6.07, 6.45) is 0.813. The maximum Gasteiger partial charge on any atom is 0.188 e. The van der Waals surface area contributed by atoms with Crippen LogP contribution < -0.4 is 20.5 Å². The molecular weight excluding hydrogens is 467 g/mol. The number of methoxy groups -OCH3 is 2. The van der Waals surface area contributed by atoms with Crippen LogP contribution in [0, 0.1) is 0 Å². The average molecular weight is 498 g/mol. The average Bonchev–Trinajstić information content (AvgIpc) is 2.66. The summed E-state index contributed by atoms with van der Waals surface area (Å²) >= 11 is 0. The van der Waals surface area contributed by atoms with E-state index in [1.165, 1.54) is 11.1 Å². The van der Waals surface area contributed by atoms with E-state index in [1.807, 2.05) is 24.3 Å². The van der Waals surface area contributed by atoms with Crippen molar-refractivity contribution in [3.8, 4) is 11.5 Å². The van der Waals surface area contributed by atoms with Gasteiger partial charge in [-0.25, -0.2) is 4.99 Å². The number of halogens is 1. The van der Waals surface area contributed by atoms with Gasteiger partial charge in [0.25, 0.3) is 0 Å². The van der Waals surface area contributed by atoms with Gasteiger partial charge in [-0.05, 0) is 49.3 Å². The highest BCUT2D eigenvalue weighted by molar-refractivity contribution is 14.0. The summed E-state index contributed by atoms with van der Waals surface area (Å²) in [7, 11) is 7.39. The van der Waals surface area contributed by atoms with E-state index < -0.39 is 0 Å². The van der Waals surface area contributed by atoms with Gasteiger partial charge >= 0.3 is 0 Å². The van der Waals surface area contributed by atoms with Crippen LogP contribution in [0.2, 0.25) is 0 Å². The first-order valence-corrected chi connectivity index (χ1v) is 8.99. The smallest absolute Gasteiger partial charge is 0.188 e. The molecule has 28 heavy (non-hydrogen) atoms. The molecule has 3 N–H and O–H groups in total. The molecule has 0 amide bonds. The molecule has 0 heterocycles. The maximum atomic E-state index is 6.02. The topological polar surface area (TPSA) is 72.1 Å². The van der Waals surface area contributed by atoms with Gasteiger partial charge in [-0.2, -0.15) is 0 Å². The van der Waals surface area contributed by atoms with Gasteiger partial charge in [0.05, 0.1) is 20.8 Å². The number of nitrogens with one attached hydrogen (secondary N) is 1. The Kier molecular flexibility index (Phi) is 10.7. The van der Waals surface area contributed by atoms with Crippen molar-refractivity contribution >= 4 is 29.9 Å². The van der Waals surface area contributed by atoms with Gasteiger partial charge < -0.3 is 25.4 Å². The number of rotatable bonds is 9. The Morgan fingerprint density at radius 2 is 1.71 bits per heavy atom. The predicted octanol–water partition coefficient (Wildman–Crippen LogP) is 3.03. The second kappa shape index (κ2) is 12.5. The molecule has 0 saturated carbocycles. The van der Waals surface area contributed by atoms with Crippen molar-refractivity contribution in [2.24, 2.45) is 10.7 Å². The molecule has 2 aromatic rings. The number of nitrogens with two attached hydrogens (primary N) is 1. The Labute approximate surface area is 185 Å². The lowest BCUT2D eigenvalue weighted by molar-refractivity contribution is 0.354. The van der Waals surface area contributed by atoms with Crippen molar-refractivity contribution in [2.45, 2.75) is 19.5 Å². The molecule has 0 aliphatic rings. The minimum absolute atomic E-state index is 0. The predicted molar refractivity (Wildman–Crippen MR) is 126 cm³/mol. The number of ether oxygens (including phenoxy) is 2. The molecule has 0 bridgehead atoms. The molecule has 0 fully saturated rings. The quantitative estimate of drug-likeness (QED) is 0.316. The first kappa shape index (κ1) is 24.0. The summed E-state index contributed by atoms with van der Waals surface area (Å²) in [4.78, 5) is 6.62. The van der Waals surface area contributed by atoms with Crippen molar-refractivity contribution in [2.75, 3.05) is 34.9 Å². The van der Waals surface area contributed by atoms with E-state index in [2.05, 4.69) is 47.5 Å². The number of hydrogen-bond acceptors (Lipinski definition) is 4. The third kappa shape index (κ3) is 7.55. The largest absolute Gasteiger partial charge is 0.493 e. The summed E-state index contributed by atoms with van der Waals surface area (Å²) in [5.41, 5.74) is 9.62. The van der Waals surface area contributed by atoms with Crippen LogP contribution in [0.25, 0.3) is 0 Å². The molecule has 6 nitrogen and oxygen atoms in total. The standard InChI is InChI=1S/C21H30N4O2.HI/c1-25(2)15-18-8-6-5-7-17(18)14-24-21(22)23-12-11-16-9-10-19(26-3)20(13-16)27-4;/h5-10,13H,11-12,14-15H2,1-4H3,(H3,22,23,24);1H. The van der Waals surface area contributed by atoms with E-state index in [9.17, 15) is 0 Å². The molecule has 2 rings (SSSR count). The molecule has 0 aliphatic heterocycles. The van der Waals surface area contributed by atoms with Gasteiger partial charge in [-0.1, -0.05) is 30.3 Å². The van der Waals surface area contributed by atoms with Crippen molar-refractivity contribution < 1.29 is 9.47 Å². The number of nitrogens with zero attached hydrogens (tertiary/aromatic N) is 2. The van der Waals surface area contributed by atoms with E-state index in [4.69, 9.17) is 15.2 Å². The van der Waals surface area contributed by atoms with Gasteiger partial charge in [-0.15, -0.1) is 24.0 Å². The van der Waals surface area contributed by atoms with Crippen LogP contribution in [-0.4, -0.2) is 45.7 Å². The molecule has 2 aromatic carbocycles. The van der Waals surface area contributed by atoms with E-state index in [-0.39, 0.29) is 24.0 Å². The summed E-state index contributed by atoms with van der Waals surface area (Å²) < 4.78 is 10.6. The fraction of sp³-hybridized carbons (Fsp3) is 0.381. The maximum absolute atomic E-state index is 6.02. The first-order valence-electron chi connectivity index (χ1n) is 8.99. The fourth-order valence-electron chi connectivity index (χ4n) is 2.80. The van der Waals surface area contributed by atoms with E-state index >= 15 is 0 Å². The fourth-order valence-corrected chi connectivity index (χ4v) is 2.80. The zero-order valence-corrected chi connectivity index (χ0v) is 19.4. The second-order valence-corrected chi connectivity index (χ2v) is 6.57. The summed E-state index contributed by atoms with van der Waals surface area (Å²) in [5.74, 6) is 1.91. The Morgan fingerprint density at radius 3 is 2.36 bits per heavy atom. The summed E-state index contributed by atoms with van der Waals surface area (Å²) in [6.45, 7) is 2.15. The monoisotopic (exact) mass is 498 g/mol. The van der Waals surface area contributed by atoms with Gasteiger partial charge in [0.2, 0.25) is 0 Å². The summed E-state index contributed by atoms with van der Waals surface area (Å²) in [6, 6.07) is 14.2. The van der Waals surface area contributed by atoms with Crippen LogP contribution in [0.4, 0.5) is 0 Å². The number of hydrogen-bond donors (Lipinski definition) is 2. The highest BCUT2D eigenvalue weighted by atomic mass is 127. The molecule has 7 heteroatoms. The molecule has 0 aliphatic carbocycles. The van der Waals surface area contributed by atoms with Gasteiger partial charge in [0.1, 0.15) is 0 Å². The first-order chi connectivity index (χ1) is 13.0. The second-order valence-electron chi connectivity index (χ2n) is 6.57. The Bertz CT molecular complexity index is 766. The molecule has 0 radical (unpaired) electrons. The Morgan fingerprint density at radius 1 is 1.04 bits per heavy atom. The van der Waals surface area contributed by atoms with Gasteiger partial charge in [0, 0.05) is 13.1 Å². The Balaban J connectivity index is 0.00000392. The van der Waals surface area contributed by atoms with Crippen molar-refractivity contribution in [1.29, 1.82) is 0 Å². The zero-order valence-electron chi connectivity index (χ0n) is 17.1. The lowest BCUT2D eigenvalue weighted by Gasteiger charge is -2.13. The van der Waals surface area contributed by atoms with Crippen LogP contribution in [0.15, 0.2) is 47.5 Å². The van der Waals surface area contributed by atoms with Crippen LogP contribution in [0.3, 0.4) is 0 Å². The van der Waals surface area contributed by atoms with Crippen molar-refractivity contribution in [3.05, 3.63) is 59.2 Å². The van der Waals surface area contributed by atoms with E-state index in [1.54, 1.807) is 14.2 Å². The van der Waals surface area contributed by atoms with Crippen LogP contribution in [0.5, 0.6) is 11.5 Å². The zero-order chi connectivity index (χ0) is 19.6. The molecule has 0 atom stereocenters. The van der Waals surface area contributed by atoms with Crippen LogP contribution in [-0.2, 0) is 19.5 Å². The highest BCUT2D eigenvalue weighted by Gasteiger charge is 2.05. The number of aliphatic imine (C=N–C) groups is 1. The highest BCUT2D eigenvalue weighted by Crippen LogP contribution is 2.27. The third-order valence-electron chi connectivity index (χ3n) is 4.19. The molecule has 154 valence electrons. The molecule has 0 aromatic heterocycles. The lowest BCUT2D eigenvalue weighted by atomic mass is 10.1. The minimum Gasteiger partial charge on any atom is -0.493 e. The van der Waals surface area contributed by atoms with Crippen molar-refractivity contribution in [3.63, 3.8) is 0 Å². The summed E-state index contributed by atoms with van der Waals surface area (Å²) in [5, 5.41) is 3.17. The molecule has 0 unspecified atom stereocenters.